The van der Waals surface area contributed by atoms with Crippen LogP contribution < -0.4 is 0 Å². The lowest BCUT2D eigenvalue weighted by molar-refractivity contribution is -0.142. The third kappa shape index (κ3) is 10.5. The Bertz CT molecular complexity index is 1930. The lowest BCUT2D eigenvalue weighted by atomic mass is 9.95. The second-order valence-corrected chi connectivity index (χ2v) is 17.9. The summed E-state index contributed by atoms with van der Waals surface area (Å²) in [4.78, 5) is 63.1. The van der Waals surface area contributed by atoms with Crippen molar-refractivity contribution >= 4 is 46.6 Å². The van der Waals surface area contributed by atoms with Crippen molar-refractivity contribution in [3.8, 4) is 10.6 Å². The summed E-state index contributed by atoms with van der Waals surface area (Å²) in [5, 5.41) is 13.1. The molecule has 2 fully saturated rings. The number of carbonyl (C=O) groups excluding carboxylic acids is 3. The molecule has 54 heavy (non-hydrogen) atoms. The van der Waals surface area contributed by atoms with Crippen LogP contribution in [0.5, 0.6) is 0 Å². The second-order valence-electron chi connectivity index (χ2n) is 15.7. The van der Waals surface area contributed by atoms with Crippen LogP contribution >= 0.6 is 22.7 Å². The highest BCUT2D eigenvalue weighted by Gasteiger charge is 2.43. The van der Waals surface area contributed by atoms with Crippen LogP contribution in [-0.2, 0) is 25.5 Å². The molecule has 0 bridgehead atoms. The molecule has 2 aromatic carbocycles. The minimum Gasteiger partial charge on any atom is -0.480 e. The second kappa shape index (κ2) is 16.8. The first-order chi connectivity index (χ1) is 25.4. The molecule has 4 aromatic rings. The molecule has 1 N–H and O–H groups in total. The Morgan fingerprint density at radius 3 is 1.69 bits per heavy atom. The molecule has 2 aliphatic rings. The number of thiazole rings is 2. The molecule has 0 aliphatic carbocycles. The Hall–Kier alpha value is -4.62. The Morgan fingerprint density at radius 1 is 0.759 bits per heavy atom. The maximum Gasteiger partial charge on any atom is 0.411 e. The SMILES string of the molecule is CC(C)(C)OC(=O)N1C[C@H](c2ccccc2)C[C@H]1C(=O)O.Cc1nc(C)c(-c2csc(CC(=O)[C@@H]3C[C@@H](c4ccccc4)CN3C(=O)OC(C)(C)C)n2)s1. The molecule has 0 spiro atoms. The zero-order valence-corrected chi connectivity index (χ0v) is 33.8. The van der Waals surface area contributed by atoms with E-state index in [4.69, 9.17) is 14.5 Å². The van der Waals surface area contributed by atoms with E-state index in [1.807, 2.05) is 88.5 Å². The number of Topliss-reactive ketones (excluding diaryl/α,β-unsaturated/α-hetero) is 1. The fourth-order valence-electron chi connectivity index (χ4n) is 6.72. The van der Waals surface area contributed by atoms with Gasteiger partial charge in [0.1, 0.15) is 22.3 Å². The van der Waals surface area contributed by atoms with Crippen LogP contribution in [0.25, 0.3) is 10.6 Å². The van der Waals surface area contributed by atoms with Gasteiger partial charge in [0.25, 0.3) is 0 Å². The fourth-order valence-corrected chi connectivity index (χ4v) is 8.47. The molecule has 11 nitrogen and oxygen atoms in total. The lowest BCUT2D eigenvalue weighted by Gasteiger charge is -2.28. The summed E-state index contributed by atoms with van der Waals surface area (Å²) in [6.07, 6.45) is 0.210. The van der Waals surface area contributed by atoms with Gasteiger partial charge in [0, 0.05) is 30.3 Å². The molecular weight excluding hydrogens is 725 g/mol. The van der Waals surface area contributed by atoms with E-state index in [-0.39, 0.29) is 24.0 Å². The van der Waals surface area contributed by atoms with Crippen molar-refractivity contribution in [3.05, 3.63) is 92.9 Å². The van der Waals surface area contributed by atoms with Gasteiger partial charge in [0.2, 0.25) is 0 Å². The van der Waals surface area contributed by atoms with Crippen molar-refractivity contribution in [2.75, 3.05) is 13.1 Å². The number of rotatable bonds is 7. The predicted octanol–water partition coefficient (Wildman–Crippen LogP) is 8.65. The fraction of sp³-hybridized carbons (Fsp3) is 0.463. The first-order valence-electron chi connectivity index (χ1n) is 18.1. The van der Waals surface area contributed by atoms with Crippen LogP contribution in [-0.4, -0.2) is 85.2 Å². The van der Waals surface area contributed by atoms with E-state index >= 15 is 0 Å². The van der Waals surface area contributed by atoms with Crippen LogP contribution in [0.4, 0.5) is 9.59 Å². The summed E-state index contributed by atoms with van der Waals surface area (Å²) < 4.78 is 10.9. The van der Waals surface area contributed by atoms with Gasteiger partial charge < -0.3 is 14.6 Å². The smallest absolute Gasteiger partial charge is 0.411 e. The Labute approximate surface area is 325 Å². The molecule has 4 atom stereocenters. The van der Waals surface area contributed by atoms with Crippen molar-refractivity contribution in [2.45, 2.75) is 110 Å². The zero-order chi connectivity index (χ0) is 39.4. The quantitative estimate of drug-likeness (QED) is 0.195. The summed E-state index contributed by atoms with van der Waals surface area (Å²) in [5.41, 5.74) is 2.75. The van der Waals surface area contributed by atoms with Crippen molar-refractivity contribution in [3.63, 3.8) is 0 Å². The predicted molar refractivity (Wildman–Crippen MR) is 210 cm³/mol. The normalized spacial score (nSPS) is 19.9. The molecule has 2 saturated heterocycles. The molecule has 0 saturated carbocycles. The van der Waals surface area contributed by atoms with Gasteiger partial charge in [-0.2, -0.15) is 0 Å². The Kier molecular flexibility index (Phi) is 12.6. The summed E-state index contributed by atoms with van der Waals surface area (Å²) >= 11 is 3.09. The van der Waals surface area contributed by atoms with Crippen molar-refractivity contribution in [1.82, 2.24) is 19.8 Å². The van der Waals surface area contributed by atoms with Crippen LogP contribution in [0.3, 0.4) is 0 Å². The molecule has 0 unspecified atom stereocenters. The van der Waals surface area contributed by atoms with Gasteiger partial charge in [-0.3, -0.25) is 14.6 Å². The van der Waals surface area contributed by atoms with Gasteiger partial charge in [0.05, 0.1) is 33.7 Å². The van der Waals surface area contributed by atoms with Crippen molar-refractivity contribution < 1.29 is 33.8 Å². The van der Waals surface area contributed by atoms with E-state index < -0.39 is 41.4 Å². The molecule has 0 radical (unpaired) electrons. The third-order valence-electron chi connectivity index (χ3n) is 9.07. The molecule has 4 heterocycles. The van der Waals surface area contributed by atoms with E-state index in [1.54, 1.807) is 37.0 Å². The van der Waals surface area contributed by atoms with E-state index in [9.17, 15) is 24.3 Å². The number of benzene rings is 2. The number of amides is 2. The molecule has 6 rings (SSSR count). The summed E-state index contributed by atoms with van der Waals surface area (Å²) in [5.74, 6) is -0.862. The van der Waals surface area contributed by atoms with Crippen LogP contribution in [0, 0.1) is 13.8 Å². The van der Waals surface area contributed by atoms with Crippen molar-refractivity contribution in [2.24, 2.45) is 0 Å². The first kappa shape index (κ1) is 40.6. The first-order valence-corrected chi connectivity index (χ1v) is 19.8. The monoisotopic (exact) mass is 774 g/mol. The number of carboxylic acid groups (broad SMARTS) is 1. The topological polar surface area (TPSA) is 139 Å². The largest absolute Gasteiger partial charge is 0.480 e. The summed E-state index contributed by atoms with van der Waals surface area (Å²) in [6, 6.07) is 18.4. The Balaban J connectivity index is 0.000000230. The lowest BCUT2D eigenvalue weighted by Crippen LogP contribution is -2.43. The number of carboxylic acids is 1. The number of ketones is 1. The Morgan fingerprint density at radius 2 is 1.24 bits per heavy atom. The van der Waals surface area contributed by atoms with Gasteiger partial charge in [-0.05, 0) is 79.4 Å². The average Bonchev–Trinajstić information content (AvgIpc) is 3.90. The number of aromatic nitrogens is 2. The highest BCUT2D eigenvalue weighted by atomic mass is 32.1. The zero-order valence-electron chi connectivity index (χ0n) is 32.2. The number of aliphatic carboxylic acids is 1. The third-order valence-corrected chi connectivity index (χ3v) is 11.0. The average molecular weight is 775 g/mol. The number of nitrogens with zero attached hydrogens (tertiary/aromatic N) is 4. The maximum atomic E-state index is 13.4. The molecule has 13 heteroatoms. The van der Waals surface area contributed by atoms with E-state index in [1.165, 1.54) is 16.2 Å². The van der Waals surface area contributed by atoms with Gasteiger partial charge in [0.15, 0.2) is 5.78 Å². The van der Waals surface area contributed by atoms with E-state index in [0.29, 0.717) is 25.9 Å². The van der Waals surface area contributed by atoms with Crippen molar-refractivity contribution in [1.29, 1.82) is 0 Å². The van der Waals surface area contributed by atoms with E-state index in [2.05, 4.69) is 17.1 Å². The minimum atomic E-state index is -0.987. The number of hydrogen-bond acceptors (Lipinski definition) is 10. The molecular formula is C41H50N4O7S2. The number of carbonyl (C=O) groups is 4. The van der Waals surface area contributed by atoms with Crippen LogP contribution in [0.15, 0.2) is 66.0 Å². The number of likely N-dealkylation sites (tertiary alicyclic amines) is 2. The van der Waals surface area contributed by atoms with Crippen LogP contribution in [0.2, 0.25) is 0 Å². The van der Waals surface area contributed by atoms with Crippen LogP contribution in [0.1, 0.15) is 93.1 Å². The number of hydrogen-bond donors (Lipinski definition) is 1. The molecule has 2 aromatic heterocycles. The van der Waals surface area contributed by atoms with Gasteiger partial charge in [-0.15, -0.1) is 22.7 Å². The van der Waals surface area contributed by atoms with Gasteiger partial charge in [-0.1, -0.05) is 60.7 Å². The molecule has 2 aliphatic heterocycles. The number of aryl methyl sites for hydroxylation is 2. The highest BCUT2D eigenvalue weighted by Crippen LogP contribution is 2.36. The number of ether oxygens (including phenoxy) is 2. The van der Waals surface area contributed by atoms with Gasteiger partial charge in [-0.25, -0.2) is 24.4 Å². The maximum absolute atomic E-state index is 13.4. The van der Waals surface area contributed by atoms with Gasteiger partial charge >= 0.3 is 18.2 Å². The highest BCUT2D eigenvalue weighted by molar-refractivity contribution is 7.16. The molecule has 2 amide bonds. The standard InChI is InChI=1S/C25H29N3O3S2.C16H21NO4/c1-15-23(33-16(2)26-15)19-14-32-22(27-19)12-21(29)20-11-18(17-9-7-6-8-10-17)13-28(20)24(30)31-25(3,4)5;1-16(2,3)21-15(20)17-10-12(9-13(17)14(18)19)11-7-5-4-6-8-11/h6-10,14,18,20H,11-13H2,1-5H3;4-8,12-13H,9-10H2,1-3H3,(H,18,19)/t18-,20+;12-,13+/m11/s1. The van der Waals surface area contributed by atoms with E-state index in [0.717, 1.165) is 37.4 Å². The summed E-state index contributed by atoms with van der Waals surface area (Å²) in [7, 11) is 0. The molecule has 288 valence electrons. The minimum absolute atomic E-state index is 0.00241. The summed E-state index contributed by atoms with van der Waals surface area (Å²) in [6.45, 7) is 15.6.